The average Bonchev–Trinajstić information content (AvgIpc) is 3.17. The second-order valence-electron chi connectivity index (χ2n) is 8.34. The number of thiazole rings is 1. The van der Waals surface area contributed by atoms with Crippen LogP contribution in [-0.4, -0.2) is 30.9 Å². The Morgan fingerprint density at radius 2 is 1.97 bits per heavy atom. The van der Waals surface area contributed by atoms with Crippen LogP contribution >= 0.6 is 33.9 Å². The Kier molecular flexibility index (Phi) is 8.33. The van der Waals surface area contributed by atoms with Crippen LogP contribution in [0, 0.1) is 10.5 Å². The normalized spacial score (nSPS) is 15.2. The number of esters is 1. The zero-order chi connectivity index (χ0) is 26.7. The van der Waals surface area contributed by atoms with E-state index in [0.717, 1.165) is 14.7 Å². The Hall–Kier alpha value is -3.18. The van der Waals surface area contributed by atoms with Crippen molar-refractivity contribution in [3.63, 3.8) is 0 Å². The molecule has 3 aromatic rings. The van der Waals surface area contributed by atoms with Crippen molar-refractivity contribution in [2.24, 2.45) is 4.99 Å². The van der Waals surface area contributed by atoms with Crippen LogP contribution < -0.4 is 24.4 Å². The third kappa shape index (κ3) is 5.42. The van der Waals surface area contributed by atoms with Gasteiger partial charge in [0.25, 0.3) is 5.56 Å². The van der Waals surface area contributed by atoms with Crippen LogP contribution in [0.1, 0.15) is 36.6 Å². The third-order valence-electron chi connectivity index (χ3n) is 5.81. The van der Waals surface area contributed by atoms with E-state index in [-0.39, 0.29) is 18.8 Å². The predicted octanol–water partition coefficient (Wildman–Crippen LogP) is 4.28. The Morgan fingerprint density at radius 3 is 2.62 bits per heavy atom. The second-order valence-corrected chi connectivity index (χ2v) is 10.6. The lowest BCUT2D eigenvalue weighted by Gasteiger charge is -2.24. The Labute approximate surface area is 232 Å². The molecule has 2 aromatic carbocycles. The van der Waals surface area contributed by atoms with Gasteiger partial charge in [0.05, 0.1) is 35.6 Å². The molecule has 4 rings (SSSR count). The van der Waals surface area contributed by atoms with Crippen molar-refractivity contribution in [2.45, 2.75) is 26.8 Å². The topological polar surface area (TPSA) is 79.1 Å². The standard InChI is InChI=1S/C28H27IN2O5S/c1-6-12-36-25-19(13-20(29)15-21(25)34-5)14-22-26(32)31-24(18-10-8-16(3)9-11-18)23(27(33)35-7-2)17(4)30-28(31)37-22/h6,8-11,13-15,24H,1,7,12H2,2-5H3/b22-14-/t24-/m0/s1. The molecule has 0 aliphatic carbocycles. The van der Waals surface area contributed by atoms with Crippen LogP contribution in [0.4, 0.5) is 0 Å². The number of hydrogen-bond donors (Lipinski definition) is 0. The van der Waals surface area contributed by atoms with Crippen molar-refractivity contribution in [1.29, 1.82) is 0 Å². The van der Waals surface area contributed by atoms with Gasteiger partial charge >= 0.3 is 5.97 Å². The van der Waals surface area contributed by atoms with Gasteiger partial charge in [-0.2, -0.15) is 0 Å². The van der Waals surface area contributed by atoms with Crippen LogP contribution in [-0.2, 0) is 9.53 Å². The van der Waals surface area contributed by atoms with E-state index in [4.69, 9.17) is 14.2 Å². The zero-order valence-corrected chi connectivity index (χ0v) is 24.0. The van der Waals surface area contributed by atoms with Gasteiger partial charge in [-0.15, -0.1) is 0 Å². The second kappa shape index (κ2) is 11.5. The summed E-state index contributed by atoms with van der Waals surface area (Å²) in [6.07, 6.45) is 3.43. The molecule has 2 heterocycles. The van der Waals surface area contributed by atoms with Gasteiger partial charge in [-0.1, -0.05) is 53.8 Å². The van der Waals surface area contributed by atoms with Gasteiger partial charge in [0, 0.05) is 9.13 Å². The van der Waals surface area contributed by atoms with Crippen LogP contribution in [0.5, 0.6) is 11.5 Å². The Balaban J connectivity index is 1.97. The maximum atomic E-state index is 13.9. The smallest absolute Gasteiger partial charge is 0.338 e. The van der Waals surface area contributed by atoms with E-state index >= 15 is 0 Å². The minimum atomic E-state index is -0.653. The number of ether oxygens (including phenoxy) is 3. The maximum Gasteiger partial charge on any atom is 0.338 e. The highest BCUT2D eigenvalue weighted by Gasteiger charge is 2.33. The molecular formula is C28H27IN2O5S. The van der Waals surface area contributed by atoms with Crippen molar-refractivity contribution in [1.82, 2.24) is 4.57 Å². The first kappa shape index (κ1) is 26.9. The third-order valence-corrected chi connectivity index (χ3v) is 7.42. The molecule has 0 fully saturated rings. The zero-order valence-electron chi connectivity index (χ0n) is 21.0. The van der Waals surface area contributed by atoms with E-state index in [9.17, 15) is 9.59 Å². The van der Waals surface area contributed by atoms with E-state index in [1.54, 1.807) is 37.7 Å². The number of fused-ring (bicyclic) bond motifs is 1. The first-order chi connectivity index (χ1) is 17.8. The molecule has 37 heavy (non-hydrogen) atoms. The number of nitrogens with zero attached hydrogens (tertiary/aromatic N) is 2. The maximum absolute atomic E-state index is 13.9. The molecular weight excluding hydrogens is 603 g/mol. The van der Waals surface area contributed by atoms with Crippen LogP contribution in [0.3, 0.4) is 0 Å². The lowest BCUT2D eigenvalue weighted by Crippen LogP contribution is -2.39. The molecule has 1 aliphatic heterocycles. The highest BCUT2D eigenvalue weighted by Crippen LogP contribution is 2.34. The molecule has 0 saturated carbocycles. The van der Waals surface area contributed by atoms with E-state index < -0.39 is 12.0 Å². The molecule has 1 aliphatic rings. The quantitative estimate of drug-likeness (QED) is 0.211. The average molecular weight is 631 g/mol. The summed E-state index contributed by atoms with van der Waals surface area (Å²) < 4.78 is 19.8. The number of aromatic nitrogens is 1. The first-order valence-electron chi connectivity index (χ1n) is 11.7. The summed E-state index contributed by atoms with van der Waals surface area (Å²) in [6.45, 7) is 9.75. The number of carbonyl (C=O) groups excluding carboxylic acids is 1. The summed E-state index contributed by atoms with van der Waals surface area (Å²) in [5.41, 5.74) is 3.22. The largest absolute Gasteiger partial charge is 0.493 e. The summed E-state index contributed by atoms with van der Waals surface area (Å²) in [6, 6.07) is 10.9. The van der Waals surface area contributed by atoms with Gasteiger partial charge in [0.2, 0.25) is 0 Å². The summed E-state index contributed by atoms with van der Waals surface area (Å²) >= 11 is 3.46. The molecule has 7 nitrogen and oxygen atoms in total. The SMILES string of the molecule is C=CCOc1c(/C=c2\sc3n(c2=O)[C@@H](c2ccc(C)cc2)C(C(=O)OCC)=C(C)N=3)cc(I)cc1OC. The summed E-state index contributed by atoms with van der Waals surface area (Å²) in [5.74, 6) is 0.601. The predicted molar refractivity (Wildman–Crippen MR) is 153 cm³/mol. The van der Waals surface area contributed by atoms with Crippen molar-refractivity contribution < 1.29 is 19.0 Å². The molecule has 0 radical (unpaired) electrons. The fourth-order valence-electron chi connectivity index (χ4n) is 4.14. The number of benzene rings is 2. The number of methoxy groups -OCH3 is 1. The molecule has 0 saturated heterocycles. The molecule has 1 aromatic heterocycles. The van der Waals surface area contributed by atoms with Crippen LogP contribution in [0.25, 0.3) is 6.08 Å². The molecule has 192 valence electrons. The minimum absolute atomic E-state index is 0.225. The number of halogens is 1. The molecule has 0 bridgehead atoms. The van der Waals surface area contributed by atoms with Crippen molar-refractivity contribution in [2.75, 3.05) is 20.3 Å². The van der Waals surface area contributed by atoms with Gasteiger partial charge in [-0.05, 0) is 67.1 Å². The van der Waals surface area contributed by atoms with Crippen LogP contribution in [0.15, 0.2) is 70.1 Å². The highest BCUT2D eigenvalue weighted by atomic mass is 127. The van der Waals surface area contributed by atoms with Crippen molar-refractivity contribution >= 4 is 46.0 Å². The van der Waals surface area contributed by atoms with Gasteiger partial charge < -0.3 is 14.2 Å². The molecule has 0 unspecified atom stereocenters. The van der Waals surface area contributed by atoms with E-state index in [2.05, 4.69) is 34.2 Å². The molecule has 0 N–H and O–H groups in total. The van der Waals surface area contributed by atoms with E-state index in [0.29, 0.717) is 37.7 Å². The number of hydrogen-bond acceptors (Lipinski definition) is 7. The fourth-order valence-corrected chi connectivity index (χ4v) is 5.80. The Morgan fingerprint density at radius 1 is 1.24 bits per heavy atom. The molecule has 9 heteroatoms. The molecule has 0 amide bonds. The Bertz CT molecular complexity index is 1570. The summed E-state index contributed by atoms with van der Waals surface area (Å²) in [5, 5.41) is 0. The summed E-state index contributed by atoms with van der Waals surface area (Å²) in [4.78, 5) is 32.1. The van der Waals surface area contributed by atoms with Crippen molar-refractivity contribution in [3.05, 3.63) is 100 Å². The lowest BCUT2D eigenvalue weighted by molar-refractivity contribution is -0.139. The van der Waals surface area contributed by atoms with E-state index in [1.807, 2.05) is 43.3 Å². The van der Waals surface area contributed by atoms with Gasteiger partial charge in [0.15, 0.2) is 16.3 Å². The molecule has 1 atom stereocenters. The number of allylic oxidation sites excluding steroid dienone is 1. The number of carbonyl (C=O) groups is 1. The number of rotatable bonds is 8. The number of aryl methyl sites for hydroxylation is 1. The van der Waals surface area contributed by atoms with Gasteiger partial charge in [-0.25, -0.2) is 9.79 Å². The van der Waals surface area contributed by atoms with Crippen LogP contribution in [0.2, 0.25) is 0 Å². The fraction of sp³-hybridized carbons (Fsp3) is 0.250. The first-order valence-corrected chi connectivity index (χ1v) is 13.6. The summed E-state index contributed by atoms with van der Waals surface area (Å²) in [7, 11) is 1.57. The monoisotopic (exact) mass is 630 g/mol. The van der Waals surface area contributed by atoms with Crippen molar-refractivity contribution in [3.8, 4) is 11.5 Å². The van der Waals surface area contributed by atoms with Gasteiger partial charge in [0.1, 0.15) is 6.61 Å². The minimum Gasteiger partial charge on any atom is -0.493 e. The highest BCUT2D eigenvalue weighted by molar-refractivity contribution is 14.1. The van der Waals surface area contributed by atoms with Gasteiger partial charge in [-0.3, -0.25) is 9.36 Å². The lowest BCUT2D eigenvalue weighted by atomic mass is 9.95. The van der Waals surface area contributed by atoms with E-state index in [1.165, 1.54) is 11.3 Å². The molecule has 0 spiro atoms.